The van der Waals surface area contributed by atoms with Crippen molar-refractivity contribution in [2.24, 2.45) is 0 Å². The van der Waals surface area contributed by atoms with Crippen molar-refractivity contribution in [3.63, 3.8) is 0 Å². The number of aliphatic hydroxyl groups is 1. The highest BCUT2D eigenvalue weighted by molar-refractivity contribution is 5.68. The highest BCUT2D eigenvalue weighted by Gasteiger charge is 2.18. The van der Waals surface area contributed by atoms with Crippen LogP contribution in [0.15, 0.2) is 42.6 Å². The van der Waals surface area contributed by atoms with E-state index in [9.17, 15) is 5.11 Å². The van der Waals surface area contributed by atoms with Crippen molar-refractivity contribution < 1.29 is 9.84 Å². The first-order valence-corrected chi connectivity index (χ1v) is 6.91. The summed E-state index contributed by atoms with van der Waals surface area (Å²) < 4.78 is 7.21. The molecule has 0 bridgehead atoms. The van der Waals surface area contributed by atoms with E-state index in [1.54, 1.807) is 14.0 Å². The maximum absolute atomic E-state index is 10.2. The maximum atomic E-state index is 10.2. The minimum absolute atomic E-state index is 0.607. The van der Waals surface area contributed by atoms with Crippen LogP contribution in [-0.2, 0) is 0 Å². The summed E-state index contributed by atoms with van der Waals surface area (Å²) in [5.41, 5.74) is 4.49. The van der Waals surface area contributed by atoms with Crippen molar-refractivity contribution in [2.45, 2.75) is 20.0 Å². The molecule has 1 aromatic carbocycles. The standard InChI is InChI=1S/C17H18N2O2/c1-11-7-8-19-15(9-11)18-16(17(19)12(2)20)13-5-4-6-14(10-13)21-3/h4-10,12,20H,1-3H3. The van der Waals surface area contributed by atoms with Crippen LogP contribution < -0.4 is 4.74 Å². The third-order valence-corrected chi connectivity index (χ3v) is 3.56. The van der Waals surface area contributed by atoms with Crippen molar-refractivity contribution in [2.75, 3.05) is 7.11 Å². The first-order valence-electron chi connectivity index (χ1n) is 6.91. The number of hydrogen-bond acceptors (Lipinski definition) is 3. The normalized spacial score (nSPS) is 12.6. The highest BCUT2D eigenvalue weighted by atomic mass is 16.5. The largest absolute Gasteiger partial charge is 0.497 e. The third kappa shape index (κ3) is 2.38. The fraction of sp³-hybridized carbons (Fsp3) is 0.235. The number of hydrogen-bond donors (Lipinski definition) is 1. The molecule has 1 atom stereocenters. The first kappa shape index (κ1) is 13.6. The molecule has 3 aromatic rings. The molecule has 0 spiro atoms. The number of methoxy groups -OCH3 is 1. The number of benzene rings is 1. The van der Waals surface area contributed by atoms with Crippen LogP contribution in [0.3, 0.4) is 0 Å². The second-order valence-corrected chi connectivity index (χ2v) is 5.19. The number of imidazole rings is 1. The molecule has 1 N–H and O–H groups in total. The van der Waals surface area contributed by atoms with E-state index in [-0.39, 0.29) is 0 Å². The van der Waals surface area contributed by atoms with Gasteiger partial charge in [0.25, 0.3) is 0 Å². The van der Waals surface area contributed by atoms with Gasteiger partial charge >= 0.3 is 0 Å². The number of aryl methyl sites for hydroxylation is 1. The average molecular weight is 282 g/mol. The summed E-state index contributed by atoms with van der Waals surface area (Å²) in [6.45, 7) is 3.79. The van der Waals surface area contributed by atoms with E-state index in [1.807, 2.05) is 53.9 Å². The van der Waals surface area contributed by atoms with Crippen LogP contribution in [0, 0.1) is 6.92 Å². The zero-order valence-corrected chi connectivity index (χ0v) is 12.4. The number of rotatable bonds is 3. The van der Waals surface area contributed by atoms with Crippen LogP contribution in [0.1, 0.15) is 24.3 Å². The summed E-state index contributed by atoms with van der Waals surface area (Å²) in [5, 5.41) is 10.2. The molecule has 0 aliphatic rings. The van der Waals surface area contributed by atoms with Crippen LogP contribution in [0.4, 0.5) is 0 Å². The zero-order chi connectivity index (χ0) is 15.0. The molecule has 0 radical (unpaired) electrons. The summed E-state index contributed by atoms with van der Waals surface area (Å²) in [6.07, 6.45) is 1.34. The number of aromatic nitrogens is 2. The van der Waals surface area contributed by atoms with Crippen LogP contribution in [-0.4, -0.2) is 21.6 Å². The Labute approximate surface area is 123 Å². The first-order chi connectivity index (χ1) is 10.1. The number of fused-ring (bicyclic) bond motifs is 1. The van der Waals surface area contributed by atoms with Crippen molar-refractivity contribution in [3.8, 4) is 17.0 Å². The molecular formula is C17H18N2O2. The molecule has 108 valence electrons. The number of ether oxygens (including phenoxy) is 1. The molecule has 2 heterocycles. The van der Waals surface area contributed by atoms with Gasteiger partial charge in [-0.2, -0.15) is 0 Å². The monoisotopic (exact) mass is 282 g/mol. The Hall–Kier alpha value is -2.33. The van der Waals surface area contributed by atoms with Gasteiger partial charge in [0, 0.05) is 11.8 Å². The zero-order valence-electron chi connectivity index (χ0n) is 12.4. The van der Waals surface area contributed by atoms with Crippen LogP contribution >= 0.6 is 0 Å². The fourth-order valence-electron chi connectivity index (χ4n) is 2.55. The lowest BCUT2D eigenvalue weighted by molar-refractivity contribution is 0.194. The minimum atomic E-state index is -0.607. The number of nitrogens with zero attached hydrogens (tertiary/aromatic N) is 2. The van der Waals surface area contributed by atoms with Crippen molar-refractivity contribution in [1.29, 1.82) is 0 Å². The van der Waals surface area contributed by atoms with E-state index in [0.717, 1.165) is 33.9 Å². The summed E-state index contributed by atoms with van der Waals surface area (Å²) in [4.78, 5) is 4.69. The second kappa shape index (κ2) is 5.22. The molecule has 0 aliphatic heterocycles. The Morgan fingerprint density at radius 3 is 2.76 bits per heavy atom. The van der Waals surface area contributed by atoms with E-state index in [0.29, 0.717) is 0 Å². The molecule has 21 heavy (non-hydrogen) atoms. The van der Waals surface area contributed by atoms with Gasteiger partial charge in [-0.3, -0.25) is 0 Å². The molecule has 4 heteroatoms. The van der Waals surface area contributed by atoms with Crippen molar-refractivity contribution in [3.05, 3.63) is 53.9 Å². The summed E-state index contributed by atoms with van der Waals surface area (Å²) in [7, 11) is 1.64. The SMILES string of the molecule is COc1cccc(-c2nc3cc(C)ccn3c2C(C)O)c1. The molecule has 0 saturated heterocycles. The molecule has 0 amide bonds. The number of pyridine rings is 1. The predicted molar refractivity (Wildman–Crippen MR) is 82.6 cm³/mol. The Balaban J connectivity index is 2.27. The Morgan fingerprint density at radius 2 is 2.05 bits per heavy atom. The molecule has 0 fully saturated rings. The molecule has 0 saturated carbocycles. The van der Waals surface area contributed by atoms with Gasteiger partial charge in [0.1, 0.15) is 11.4 Å². The van der Waals surface area contributed by atoms with E-state index >= 15 is 0 Å². The molecule has 4 nitrogen and oxygen atoms in total. The van der Waals surface area contributed by atoms with Crippen molar-refractivity contribution >= 4 is 5.65 Å². The quantitative estimate of drug-likeness (QED) is 0.801. The summed E-state index contributed by atoms with van der Waals surface area (Å²) in [5.74, 6) is 0.775. The van der Waals surface area contributed by atoms with E-state index in [2.05, 4.69) is 4.98 Å². The minimum Gasteiger partial charge on any atom is -0.497 e. The van der Waals surface area contributed by atoms with E-state index in [1.165, 1.54) is 0 Å². The van der Waals surface area contributed by atoms with Crippen molar-refractivity contribution in [1.82, 2.24) is 9.38 Å². The Morgan fingerprint density at radius 1 is 1.24 bits per heavy atom. The van der Waals surface area contributed by atoms with Gasteiger partial charge in [-0.25, -0.2) is 4.98 Å². The molecule has 0 aliphatic carbocycles. The lowest BCUT2D eigenvalue weighted by Crippen LogP contribution is -1.99. The van der Waals surface area contributed by atoms with Gasteiger partial charge < -0.3 is 14.2 Å². The maximum Gasteiger partial charge on any atom is 0.138 e. The molecule has 2 aromatic heterocycles. The lowest BCUT2D eigenvalue weighted by atomic mass is 10.1. The summed E-state index contributed by atoms with van der Waals surface area (Å²) >= 11 is 0. The lowest BCUT2D eigenvalue weighted by Gasteiger charge is -2.09. The van der Waals surface area contributed by atoms with Crippen LogP contribution in [0.2, 0.25) is 0 Å². The fourth-order valence-corrected chi connectivity index (χ4v) is 2.55. The smallest absolute Gasteiger partial charge is 0.138 e. The van der Waals surface area contributed by atoms with Gasteiger partial charge in [-0.05, 0) is 43.7 Å². The number of aliphatic hydroxyl groups excluding tert-OH is 1. The van der Waals surface area contributed by atoms with Crippen LogP contribution in [0.5, 0.6) is 5.75 Å². The Bertz CT molecular complexity index is 791. The van der Waals surface area contributed by atoms with Gasteiger partial charge in [0.2, 0.25) is 0 Å². The Kier molecular flexibility index (Phi) is 3.39. The van der Waals surface area contributed by atoms with Gasteiger partial charge in [0.15, 0.2) is 0 Å². The molecule has 1 unspecified atom stereocenters. The van der Waals surface area contributed by atoms with Gasteiger partial charge in [0.05, 0.1) is 24.6 Å². The van der Waals surface area contributed by atoms with E-state index < -0.39 is 6.10 Å². The molecular weight excluding hydrogens is 264 g/mol. The average Bonchev–Trinajstić information content (AvgIpc) is 2.85. The highest BCUT2D eigenvalue weighted by Crippen LogP contribution is 2.31. The van der Waals surface area contributed by atoms with Crippen LogP contribution in [0.25, 0.3) is 16.9 Å². The third-order valence-electron chi connectivity index (χ3n) is 3.56. The van der Waals surface area contributed by atoms with Gasteiger partial charge in [-0.1, -0.05) is 12.1 Å². The second-order valence-electron chi connectivity index (χ2n) is 5.19. The predicted octanol–water partition coefficient (Wildman–Crippen LogP) is 3.37. The molecule has 3 rings (SSSR count). The van der Waals surface area contributed by atoms with E-state index in [4.69, 9.17) is 4.74 Å². The van der Waals surface area contributed by atoms with Gasteiger partial charge in [-0.15, -0.1) is 0 Å². The summed E-state index contributed by atoms with van der Waals surface area (Å²) in [6, 6.07) is 11.7. The topological polar surface area (TPSA) is 46.8 Å².